The molecule has 2 rings (SSSR count). The Morgan fingerprint density at radius 2 is 1.81 bits per heavy atom. The number of ether oxygens (including phenoxy) is 2. The van der Waals surface area contributed by atoms with Crippen molar-refractivity contribution in [3.63, 3.8) is 0 Å². The van der Waals surface area contributed by atoms with Gasteiger partial charge in [0.1, 0.15) is 0 Å². The van der Waals surface area contributed by atoms with E-state index in [4.69, 9.17) is 9.47 Å². The minimum absolute atomic E-state index is 0.0334. The van der Waals surface area contributed by atoms with Gasteiger partial charge in [0.2, 0.25) is 0 Å². The van der Waals surface area contributed by atoms with Crippen molar-refractivity contribution >= 4 is 16.1 Å². The highest BCUT2D eigenvalue weighted by Gasteiger charge is 2.38. The molecule has 0 aromatic heterocycles. The third-order valence-corrected chi connectivity index (χ3v) is 7.01. The second-order valence-corrected chi connectivity index (χ2v) is 9.18. The topological polar surface area (TPSA) is 96.4 Å². The lowest BCUT2D eigenvalue weighted by molar-refractivity contribution is -0.154. The van der Waals surface area contributed by atoms with E-state index in [1.165, 1.54) is 4.31 Å². The minimum atomic E-state index is -4.16. The Labute approximate surface area is 162 Å². The van der Waals surface area contributed by atoms with Crippen molar-refractivity contribution in [2.45, 2.75) is 58.3 Å². The molecule has 0 unspecified atom stereocenters. The third kappa shape index (κ3) is 6.67. The molecular formula is C18H34N2O6S. The fraction of sp³-hybridized carbons (Fsp3) is 0.944. The summed E-state index contributed by atoms with van der Waals surface area (Å²) in [5.41, 5.74) is 0. The Morgan fingerprint density at radius 3 is 2.44 bits per heavy atom. The zero-order valence-electron chi connectivity index (χ0n) is 16.3. The van der Waals surface area contributed by atoms with Gasteiger partial charge in [0, 0.05) is 45.4 Å². The number of carbonyl (C=O) groups is 1. The van der Waals surface area contributed by atoms with E-state index in [0.717, 1.165) is 51.7 Å². The van der Waals surface area contributed by atoms with Gasteiger partial charge in [0.25, 0.3) is 5.91 Å². The van der Waals surface area contributed by atoms with Gasteiger partial charge in [-0.1, -0.05) is 24.2 Å². The first-order valence-corrected chi connectivity index (χ1v) is 11.5. The third-order valence-electron chi connectivity index (χ3n) is 5.38. The fourth-order valence-electron chi connectivity index (χ4n) is 3.64. The molecule has 158 valence electrons. The largest absolute Gasteiger partial charge is 0.381 e. The van der Waals surface area contributed by atoms with Crippen LogP contribution in [-0.4, -0.2) is 67.8 Å². The van der Waals surface area contributed by atoms with Crippen LogP contribution in [0.15, 0.2) is 0 Å². The first-order chi connectivity index (χ1) is 13.0. The van der Waals surface area contributed by atoms with Gasteiger partial charge in [-0.15, -0.1) is 0 Å². The maximum absolute atomic E-state index is 12.6. The molecule has 0 aliphatic carbocycles. The van der Waals surface area contributed by atoms with E-state index >= 15 is 0 Å². The molecule has 8 nitrogen and oxygen atoms in total. The zero-order valence-corrected chi connectivity index (χ0v) is 17.2. The molecule has 0 aromatic rings. The summed E-state index contributed by atoms with van der Waals surface area (Å²) in [5, 5.41) is 10.1. The summed E-state index contributed by atoms with van der Waals surface area (Å²) in [7, 11) is -4.16. The smallest absolute Gasteiger partial charge is 0.329 e. The molecule has 0 saturated carbocycles. The number of nitrogens with zero attached hydrogens (tertiary/aromatic N) is 2. The van der Waals surface area contributed by atoms with Crippen molar-refractivity contribution in [2.75, 3.05) is 39.5 Å². The standard InChI is InChI=1S/C18H34N2O6S/c1-2-12-25-13-4-3-5-16-6-10-19(11-7-16)27(23,24)20(22)18(21)17-8-14-26-15-9-17/h16-17,22H,2-15H2,1H3. The average molecular weight is 407 g/mol. The number of piperidine rings is 1. The summed E-state index contributed by atoms with van der Waals surface area (Å²) in [6.45, 7) is 5.20. The predicted octanol–water partition coefficient (Wildman–Crippen LogP) is 2.18. The highest BCUT2D eigenvalue weighted by molar-refractivity contribution is 7.87. The molecule has 2 heterocycles. The number of amides is 1. The van der Waals surface area contributed by atoms with Crippen molar-refractivity contribution < 1.29 is 27.9 Å². The second kappa shape index (κ2) is 11.3. The summed E-state index contributed by atoms with van der Waals surface area (Å²) in [5.74, 6) is -0.751. The molecule has 2 aliphatic rings. The molecule has 2 fully saturated rings. The molecule has 2 aliphatic heterocycles. The van der Waals surface area contributed by atoms with Crippen LogP contribution in [0.1, 0.15) is 58.3 Å². The summed E-state index contributed by atoms with van der Waals surface area (Å²) in [6, 6.07) is 0. The van der Waals surface area contributed by atoms with Gasteiger partial charge in [-0.25, -0.2) is 0 Å². The summed E-state index contributed by atoms with van der Waals surface area (Å²) >= 11 is 0. The minimum Gasteiger partial charge on any atom is -0.381 e. The Balaban J connectivity index is 1.74. The van der Waals surface area contributed by atoms with Crippen LogP contribution in [0.2, 0.25) is 0 Å². The number of hydrogen-bond acceptors (Lipinski definition) is 6. The van der Waals surface area contributed by atoms with Crippen molar-refractivity contribution in [2.24, 2.45) is 11.8 Å². The molecule has 0 bridgehead atoms. The molecule has 27 heavy (non-hydrogen) atoms. The van der Waals surface area contributed by atoms with Gasteiger partial charge in [0.15, 0.2) is 0 Å². The Morgan fingerprint density at radius 1 is 1.15 bits per heavy atom. The van der Waals surface area contributed by atoms with E-state index in [9.17, 15) is 18.4 Å². The highest BCUT2D eigenvalue weighted by Crippen LogP contribution is 2.26. The van der Waals surface area contributed by atoms with Gasteiger partial charge >= 0.3 is 10.2 Å². The first kappa shape index (κ1) is 22.5. The van der Waals surface area contributed by atoms with Gasteiger partial charge in [-0.2, -0.15) is 12.7 Å². The number of hydrogen-bond donors (Lipinski definition) is 1. The van der Waals surface area contributed by atoms with Gasteiger partial charge in [-0.05, 0) is 44.4 Å². The van der Waals surface area contributed by atoms with Crippen LogP contribution >= 0.6 is 0 Å². The normalized spacial score (nSPS) is 20.7. The Kier molecular flexibility index (Phi) is 9.44. The summed E-state index contributed by atoms with van der Waals surface area (Å²) < 4.78 is 37.0. The SMILES string of the molecule is CCCOCCCCC1CCN(S(=O)(=O)N(O)C(=O)C2CCOCC2)CC1. The van der Waals surface area contributed by atoms with Crippen LogP contribution in [-0.2, 0) is 24.5 Å². The molecule has 9 heteroatoms. The highest BCUT2D eigenvalue weighted by atomic mass is 32.2. The molecule has 0 radical (unpaired) electrons. The van der Waals surface area contributed by atoms with E-state index in [1.54, 1.807) is 0 Å². The Hall–Kier alpha value is -0.740. The lowest BCUT2D eigenvalue weighted by Crippen LogP contribution is -2.50. The van der Waals surface area contributed by atoms with Crippen LogP contribution in [0.5, 0.6) is 0 Å². The van der Waals surface area contributed by atoms with E-state index < -0.39 is 22.0 Å². The monoisotopic (exact) mass is 406 g/mol. The Bertz CT molecular complexity index is 542. The van der Waals surface area contributed by atoms with E-state index in [-0.39, 0.29) is 4.47 Å². The van der Waals surface area contributed by atoms with Crippen LogP contribution in [0.3, 0.4) is 0 Å². The number of hydroxylamine groups is 1. The molecular weight excluding hydrogens is 372 g/mol. The fourth-order valence-corrected chi connectivity index (χ4v) is 4.90. The van der Waals surface area contributed by atoms with E-state index in [0.29, 0.717) is 45.1 Å². The van der Waals surface area contributed by atoms with Crippen molar-refractivity contribution in [1.29, 1.82) is 0 Å². The van der Waals surface area contributed by atoms with Crippen molar-refractivity contribution in [3.8, 4) is 0 Å². The van der Waals surface area contributed by atoms with Crippen LogP contribution < -0.4 is 0 Å². The molecule has 1 amide bonds. The lowest BCUT2D eigenvalue weighted by Gasteiger charge is -2.33. The number of carbonyl (C=O) groups excluding carboxylic acids is 1. The van der Waals surface area contributed by atoms with Crippen molar-refractivity contribution in [1.82, 2.24) is 8.77 Å². The average Bonchev–Trinajstić information content (AvgIpc) is 2.70. The predicted molar refractivity (Wildman–Crippen MR) is 100 cm³/mol. The molecule has 0 atom stereocenters. The second-order valence-electron chi connectivity index (χ2n) is 7.43. The molecule has 2 saturated heterocycles. The molecule has 0 spiro atoms. The first-order valence-electron chi connectivity index (χ1n) is 10.2. The summed E-state index contributed by atoms with van der Waals surface area (Å²) in [4.78, 5) is 12.3. The zero-order chi connectivity index (χ0) is 19.7. The van der Waals surface area contributed by atoms with Crippen LogP contribution in [0.25, 0.3) is 0 Å². The van der Waals surface area contributed by atoms with Crippen molar-refractivity contribution in [3.05, 3.63) is 0 Å². The quantitative estimate of drug-likeness (QED) is 0.339. The number of unbranched alkanes of at least 4 members (excludes halogenated alkanes) is 1. The maximum Gasteiger partial charge on any atom is 0.329 e. The molecule has 0 aromatic carbocycles. The van der Waals surface area contributed by atoms with Gasteiger partial charge < -0.3 is 9.47 Å². The van der Waals surface area contributed by atoms with E-state index in [1.807, 2.05) is 0 Å². The van der Waals surface area contributed by atoms with Crippen LogP contribution in [0.4, 0.5) is 0 Å². The van der Waals surface area contributed by atoms with Gasteiger partial charge in [-0.3, -0.25) is 10.0 Å². The maximum atomic E-state index is 12.6. The van der Waals surface area contributed by atoms with Gasteiger partial charge in [0.05, 0.1) is 0 Å². The van der Waals surface area contributed by atoms with E-state index in [2.05, 4.69) is 6.92 Å². The molecule has 1 N–H and O–H groups in total. The number of rotatable bonds is 10. The lowest BCUT2D eigenvalue weighted by atomic mass is 9.92. The van der Waals surface area contributed by atoms with Crippen LogP contribution in [0, 0.1) is 11.8 Å². The summed E-state index contributed by atoms with van der Waals surface area (Å²) in [6.07, 6.45) is 6.60.